The summed E-state index contributed by atoms with van der Waals surface area (Å²) >= 11 is 1.07. The van der Waals surface area contributed by atoms with Crippen molar-refractivity contribution < 1.29 is 19.4 Å². The number of carbonyl (C=O) groups is 2. The topological polar surface area (TPSA) is 104 Å². The van der Waals surface area contributed by atoms with E-state index in [0.29, 0.717) is 11.8 Å². The van der Waals surface area contributed by atoms with E-state index in [1.54, 1.807) is 6.21 Å². The molecule has 26 heavy (non-hydrogen) atoms. The van der Waals surface area contributed by atoms with Crippen LogP contribution >= 0.6 is 11.8 Å². The van der Waals surface area contributed by atoms with E-state index in [1.807, 2.05) is 44.1 Å². The molecule has 1 saturated heterocycles. The number of rotatable bonds is 8. The fourth-order valence-electron chi connectivity index (χ4n) is 2.33. The fourth-order valence-corrected chi connectivity index (χ4v) is 3.25. The number of thioether (sulfide) groups is 1. The zero-order valence-corrected chi connectivity index (χ0v) is 15.7. The summed E-state index contributed by atoms with van der Waals surface area (Å²) in [5, 5.41) is 18.9. The van der Waals surface area contributed by atoms with Crippen LogP contribution in [-0.2, 0) is 16.1 Å². The Morgan fingerprint density at radius 3 is 2.88 bits per heavy atom. The zero-order chi connectivity index (χ0) is 19.1. The molecular formula is C17H22N4O4S. The monoisotopic (exact) mass is 378 g/mol. The van der Waals surface area contributed by atoms with E-state index in [4.69, 9.17) is 9.84 Å². The van der Waals surface area contributed by atoms with Gasteiger partial charge in [-0.3, -0.25) is 9.59 Å². The lowest BCUT2D eigenvalue weighted by Gasteiger charge is -2.14. The van der Waals surface area contributed by atoms with E-state index >= 15 is 0 Å². The van der Waals surface area contributed by atoms with Crippen molar-refractivity contribution in [1.29, 1.82) is 0 Å². The van der Waals surface area contributed by atoms with E-state index in [-0.39, 0.29) is 12.3 Å². The minimum Gasteiger partial charge on any atom is -0.494 e. The maximum atomic E-state index is 11.7. The molecular weight excluding hydrogens is 356 g/mol. The Balaban J connectivity index is 2.08. The number of benzene rings is 1. The number of nitrogens with one attached hydrogen (secondary N) is 1. The minimum atomic E-state index is -1.02. The van der Waals surface area contributed by atoms with Crippen molar-refractivity contribution >= 4 is 35.0 Å². The molecule has 1 heterocycles. The lowest BCUT2D eigenvalue weighted by atomic mass is 10.1. The second-order valence-electron chi connectivity index (χ2n) is 5.88. The largest absolute Gasteiger partial charge is 0.494 e. The normalized spacial score (nSPS) is 18.7. The molecule has 1 fully saturated rings. The van der Waals surface area contributed by atoms with Crippen molar-refractivity contribution in [3.05, 3.63) is 29.3 Å². The molecule has 0 aliphatic carbocycles. The van der Waals surface area contributed by atoms with Crippen molar-refractivity contribution in [2.45, 2.75) is 25.1 Å². The van der Waals surface area contributed by atoms with Gasteiger partial charge in [0.25, 0.3) is 0 Å². The summed E-state index contributed by atoms with van der Waals surface area (Å²) in [6.45, 7) is 3.26. The summed E-state index contributed by atoms with van der Waals surface area (Å²) in [4.78, 5) is 24.4. The number of hydrogen-bond donors (Lipinski definition) is 2. The Hall–Kier alpha value is -2.39. The number of amides is 1. The molecule has 9 heteroatoms. The van der Waals surface area contributed by atoms with Crippen LogP contribution in [0.5, 0.6) is 5.75 Å². The third-order valence-electron chi connectivity index (χ3n) is 3.36. The first-order valence-corrected chi connectivity index (χ1v) is 8.97. The fraction of sp³-hybridized carbons (Fsp3) is 0.412. The van der Waals surface area contributed by atoms with Gasteiger partial charge in [0, 0.05) is 12.1 Å². The number of hydrogen-bond acceptors (Lipinski definition) is 7. The highest BCUT2D eigenvalue weighted by atomic mass is 32.2. The van der Waals surface area contributed by atoms with E-state index in [9.17, 15) is 9.59 Å². The van der Waals surface area contributed by atoms with E-state index in [0.717, 1.165) is 35.2 Å². The minimum absolute atomic E-state index is 0.244. The van der Waals surface area contributed by atoms with Gasteiger partial charge in [-0.05, 0) is 44.8 Å². The maximum absolute atomic E-state index is 11.7. The number of carboxylic acids is 1. The summed E-state index contributed by atoms with van der Waals surface area (Å²) < 4.78 is 5.64. The van der Waals surface area contributed by atoms with Crippen LogP contribution in [0.2, 0.25) is 0 Å². The van der Waals surface area contributed by atoms with Gasteiger partial charge in [0.05, 0.1) is 19.2 Å². The number of ether oxygens (including phenoxy) is 1. The van der Waals surface area contributed by atoms with Gasteiger partial charge in [-0.15, -0.1) is 5.10 Å². The number of carboxylic acid groups (broad SMARTS) is 1. The lowest BCUT2D eigenvalue weighted by Crippen LogP contribution is -2.26. The summed E-state index contributed by atoms with van der Waals surface area (Å²) in [7, 11) is 3.96. The number of aliphatic carboxylic acids is 1. The molecule has 2 rings (SSSR count). The highest BCUT2D eigenvalue weighted by Gasteiger charge is 2.32. The van der Waals surface area contributed by atoms with Crippen LogP contribution in [0, 0.1) is 0 Å². The summed E-state index contributed by atoms with van der Waals surface area (Å²) in [5.41, 5.74) is 1.89. The average Bonchev–Trinajstić information content (AvgIpc) is 2.88. The number of nitrogens with zero attached hydrogens (tertiary/aromatic N) is 3. The molecule has 1 amide bonds. The predicted molar refractivity (Wildman–Crippen MR) is 102 cm³/mol. The molecule has 0 aromatic heterocycles. The Kier molecular flexibility index (Phi) is 7.16. The molecule has 0 bridgehead atoms. The van der Waals surface area contributed by atoms with Crippen molar-refractivity contribution in [1.82, 2.24) is 10.2 Å². The van der Waals surface area contributed by atoms with Crippen LogP contribution in [0.4, 0.5) is 0 Å². The molecule has 0 saturated carbocycles. The van der Waals surface area contributed by atoms with Crippen LogP contribution in [0.3, 0.4) is 0 Å². The van der Waals surface area contributed by atoms with Crippen LogP contribution in [0.15, 0.2) is 28.4 Å². The molecule has 140 valence electrons. The number of carbonyl (C=O) groups excluding carboxylic acids is 1. The molecule has 1 aliphatic rings. The van der Waals surface area contributed by atoms with Crippen LogP contribution in [0.25, 0.3) is 0 Å². The Morgan fingerprint density at radius 1 is 1.46 bits per heavy atom. The zero-order valence-electron chi connectivity index (χ0n) is 14.9. The Morgan fingerprint density at radius 2 is 2.23 bits per heavy atom. The summed E-state index contributed by atoms with van der Waals surface area (Å²) in [6, 6.07) is 5.75. The van der Waals surface area contributed by atoms with Crippen molar-refractivity contribution in [2.24, 2.45) is 10.2 Å². The molecule has 0 spiro atoms. The van der Waals surface area contributed by atoms with E-state index < -0.39 is 11.2 Å². The maximum Gasteiger partial charge on any atom is 0.305 e. The quantitative estimate of drug-likeness (QED) is 0.525. The van der Waals surface area contributed by atoms with Gasteiger partial charge < -0.3 is 20.1 Å². The van der Waals surface area contributed by atoms with E-state index in [1.165, 1.54) is 0 Å². The highest BCUT2D eigenvalue weighted by Crippen LogP contribution is 2.23. The van der Waals surface area contributed by atoms with Crippen molar-refractivity contribution in [3.8, 4) is 5.75 Å². The van der Waals surface area contributed by atoms with Crippen molar-refractivity contribution in [2.75, 3.05) is 20.7 Å². The third-order valence-corrected chi connectivity index (χ3v) is 4.44. The average molecular weight is 378 g/mol. The first-order valence-electron chi connectivity index (χ1n) is 8.09. The Labute approximate surface area is 156 Å². The molecule has 0 radical (unpaired) electrons. The van der Waals surface area contributed by atoms with Gasteiger partial charge in [-0.2, -0.15) is 5.10 Å². The van der Waals surface area contributed by atoms with E-state index in [2.05, 4.69) is 15.5 Å². The first kappa shape index (κ1) is 19.9. The van der Waals surface area contributed by atoms with Crippen LogP contribution < -0.4 is 10.1 Å². The molecule has 2 N–H and O–H groups in total. The SMILES string of the molecule is CCOc1ccc(C=NN=C2NC(=O)C(CC(=O)O)S2)cc1CN(C)C. The van der Waals surface area contributed by atoms with Gasteiger partial charge >= 0.3 is 5.97 Å². The second-order valence-corrected chi connectivity index (χ2v) is 7.07. The standard InChI is InChI=1S/C17H22N4O4S/c1-4-25-13-6-5-11(7-12(13)10-21(2)3)9-18-20-17-19-16(24)14(26-17)8-15(22)23/h5-7,9,14H,4,8,10H2,1-3H3,(H,22,23)(H,19,20,24). The van der Waals surface area contributed by atoms with Crippen LogP contribution in [-0.4, -0.2) is 59.2 Å². The molecule has 1 aromatic carbocycles. The molecule has 1 atom stereocenters. The summed E-state index contributed by atoms with van der Waals surface area (Å²) in [6.07, 6.45) is 1.34. The molecule has 1 aliphatic heterocycles. The predicted octanol–water partition coefficient (Wildman–Crippen LogP) is 1.54. The van der Waals surface area contributed by atoms with Gasteiger partial charge in [0.15, 0.2) is 5.17 Å². The van der Waals surface area contributed by atoms with Crippen LogP contribution in [0.1, 0.15) is 24.5 Å². The third kappa shape index (κ3) is 5.85. The highest BCUT2D eigenvalue weighted by molar-refractivity contribution is 8.15. The second kappa shape index (κ2) is 9.35. The molecule has 8 nitrogen and oxygen atoms in total. The number of amidine groups is 1. The van der Waals surface area contributed by atoms with Crippen molar-refractivity contribution in [3.63, 3.8) is 0 Å². The molecule has 1 unspecified atom stereocenters. The van der Waals surface area contributed by atoms with Gasteiger partial charge in [-0.25, -0.2) is 0 Å². The summed E-state index contributed by atoms with van der Waals surface area (Å²) in [5.74, 6) is -0.550. The molecule has 1 aromatic rings. The smallest absolute Gasteiger partial charge is 0.305 e. The first-order chi connectivity index (χ1) is 12.4. The lowest BCUT2D eigenvalue weighted by molar-refractivity contribution is -0.138. The van der Waals surface area contributed by atoms with Gasteiger partial charge in [0.2, 0.25) is 5.91 Å². The van der Waals surface area contributed by atoms with Gasteiger partial charge in [-0.1, -0.05) is 11.8 Å². The Bertz CT molecular complexity index is 733. The van der Waals surface area contributed by atoms with Gasteiger partial charge in [0.1, 0.15) is 11.0 Å².